The molecule has 0 spiro atoms. The van der Waals surface area contributed by atoms with Gasteiger partial charge in [0.25, 0.3) is 3.79 Å². The van der Waals surface area contributed by atoms with Gasteiger partial charge < -0.3 is 0 Å². The van der Waals surface area contributed by atoms with Crippen molar-refractivity contribution in [3.05, 3.63) is 0 Å². The second-order valence-corrected chi connectivity index (χ2v) is 7.50. The molecule has 0 aromatic carbocycles. The van der Waals surface area contributed by atoms with E-state index in [0.29, 0.717) is 0 Å². The van der Waals surface area contributed by atoms with Crippen molar-refractivity contribution in [2.45, 2.75) is 42.9 Å². The standard InChI is InChI=1S/C9H12N3O4P.C2Cl3N/c1-7(4-10)14-17(13,15-8(2)5-11)16-9(3)6-12;3-2(4,5)1-6/h7-9H,1-3H3;. The summed E-state index contributed by atoms with van der Waals surface area (Å²) in [6.07, 6.45) is -3.13. The first-order valence-corrected chi connectivity index (χ1v) is 8.34. The van der Waals surface area contributed by atoms with Crippen molar-refractivity contribution >= 4 is 42.6 Å². The fraction of sp³-hybridized carbons (Fsp3) is 0.636. The zero-order valence-electron chi connectivity index (χ0n) is 12.2. The van der Waals surface area contributed by atoms with E-state index in [2.05, 4.69) is 0 Å². The number of halogens is 3. The van der Waals surface area contributed by atoms with Crippen molar-refractivity contribution in [1.82, 2.24) is 0 Å². The van der Waals surface area contributed by atoms with Crippen molar-refractivity contribution in [1.29, 1.82) is 21.0 Å². The first-order valence-electron chi connectivity index (χ1n) is 5.75. The van der Waals surface area contributed by atoms with Gasteiger partial charge in [0.2, 0.25) is 0 Å². The van der Waals surface area contributed by atoms with Gasteiger partial charge in [-0.25, -0.2) is 4.57 Å². The summed E-state index contributed by atoms with van der Waals surface area (Å²) in [5, 5.41) is 33.4. The van der Waals surface area contributed by atoms with Crippen molar-refractivity contribution in [3.63, 3.8) is 0 Å². The lowest BCUT2D eigenvalue weighted by Gasteiger charge is -2.20. The molecule has 126 valence electrons. The second-order valence-electron chi connectivity index (χ2n) is 3.69. The summed E-state index contributed by atoms with van der Waals surface area (Å²) in [7, 11) is -4.10. The summed E-state index contributed by atoms with van der Waals surface area (Å²) < 4.78 is 24.6. The van der Waals surface area contributed by atoms with Crippen LogP contribution in [0.4, 0.5) is 0 Å². The van der Waals surface area contributed by atoms with Gasteiger partial charge in [-0.1, -0.05) is 34.8 Å². The predicted octanol–water partition coefficient (Wildman–Crippen LogP) is 3.76. The maximum atomic E-state index is 12.0. The SMILES string of the molecule is CC(C#N)OP(=O)(OC(C)C#N)OC(C)C#N.N#CC(Cl)(Cl)Cl. The quantitative estimate of drug-likeness (QED) is 0.484. The van der Waals surface area contributed by atoms with Gasteiger partial charge in [0.05, 0.1) is 18.2 Å². The van der Waals surface area contributed by atoms with Crippen LogP contribution in [0, 0.1) is 45.3 Å². The molecule has 23 heavy (non-hydrogen) atoms. The summed E-state index contributed by atoms with van der Waals surface area (Å²) >= 11 is 14.7. The summed E-state index contributed by atoms with van der Waals surface area (Å²) in [6, 6.07) is 6.45. The van der Waals surface area contributed by atoms with E-state index in [4.69, 9.17) is 69.4 Å². The molecule has 0 aliphatic rings. The zero-order chi connectivity index (χ0) is 18.7. The molecule has 0 amide bonds. The number of rotatable bonds is 6. The van der Waals surface area contributed by atoms with Crippen LogP contribution in [0.3, 0.4) is 0 Å². The van der Waals surface area contributed by atoms with E-state index in [0.717, 1.165) is 0 Å². The Balaban J connectivity index is 0. The highest BCUT2D eigenvalue weighted by Crippen LogP contribution is 2.52. The Morgan fingerprint density at radius 3 is 1.17 bits per heavy atom. The van der Waals surface area contributed by atoms with Gasteiger partial charge in [0, 0.05) is 0 Å². The van der Waals surface area contributed by atoms with Crippen LogP contribution in [0.25, 0.3) is 0 Å². The predicted molar refractivity (Wildman–Crippen MR) is 82.0 cm³/mol. The summed E-state index contributed by atoms with van der Waals surface area (Å²) in [4.78, 5) is 0. The van der Waals surface area contributed by atoms with E-state index >= 15 is 0 Å². The summed E-state index contributed by atoms with van der Waals surface area (Å²) in [5.74, 6) is 0. The summed E-state index contributed by atoms with van der Waals surface area (Å²) in [5.41, 5.74) is 0. The van der Waals surface area contributed by atoms with Crippen LogP contribution in [0.15, 0.2) is 0 Å². The molecule has 0 saturated heterocycles. The Hall–Kier alpha value is -1.06. The van der Waals surface area contributed by atoms with E-state index < -0.39 is 29.9 Å². The molecule has 3 unspecified atom stereocenters. The van der Waals surface area contributed by atoms with Crippen molar-refractivity contribution in [2.75, 3.05) is 0 Å². The van der Waals surface area contributed by atoms with Crippen molar-refractivity contribution in [3.8, 4) is 24.3 Å². The Morgan fingerprint density at radius 1 is 0.826 bits per heavy atom. The fourth-order valence-electron chi connectivity index (χ4n) is 0.726. The van der Waals surface area contributed by atoms with Gasteiger partial charge >= 0.3 is 7.82 Å². The minimum Gasteiger partial charge on any atom is -0.268 e. The van der Waals surface area contributed by atoms with Gasteiger partial charge in [-0.15, -0.1) is 0 Å². The van der Waals surface area contributed by atoms with Gasteiger partial charge in [0.15, 0.2) is 18.3 Å². The minimum atomic E-state index is -4.10. The lowest BCUT2D eigenvalue weighted by molar-refractivity contribution is 0.0796. The average Bonchev–Trinajstić information content (AvgIpc) is 2.46. The lowest BCUT2D eigenvalue weighted by Crippen LogP contribution is -2.15. The molecular formula is C11H12Cl3N4O4P. The molecule has 0 saturated carbocycles. The first kappa shape index (κ1) is 24.2. The molecule has 0 fully saturated rings. The molecule has 8 nitrogen and oxygen atoms in total. The molecule has 0 aliphatic heterocycles. The fourth-order valence-corrected chi connectivity index (χ4v) is 2.18. The van der Waals surface area contributed by atoms with E-state index in [-0.39, 0.29) is 0 Å². The third-order valence-corrected chi connectivity index (χ3v) is 3.51. The van der Waals surface area contributed by atoms with Crippen LogP contribution in [0.1, 0.15) is 20.8 Å². The highest BCUT2D eigenvalue weighted by molar-refractivity contribution is 7.48. The highest BCUT2D eigenvalue weighted by Gasteiger charge is 2.34. The average molecular weight is 402 g/mol. The van der Waals surface area contributed by atoms with Crippen LogP contribution in [-0.2, 0) is 18.1 Å². The smallest absolute Gasteiger partial charge is 0.268 e. The number of hydrogen-bond acceptors (Lipinski definition) is 8. The van der Waals surface area contributed by atoms with Crippen LogP contribution < -0.4 is 0 Å². The van der Waals surface area contributed by atoms with Crippen LogP contribution in [0.2, 0.25) is 0 Å². The molecule has 12 heteroatoms. The van der Waals surface area contributed by atoms with E-state index in [1.165, 1.54) is 26.8 Å². The number of nitriles is 4. The summed E-state index contributed by atoms with van der Waals surface area (Å²) in [6.45, 7) is 4.02. The number of nitrogens with zero attached hydrogens (tertiary/aromatic N) is 4. The molecule has 0 N–H and O–H groups in total. The molecule has 0 radical (unpaired) electrons. The molecule has 0 aromatic rings. The Labute approximate surface area is 149 Å². The zero-order valence-corrected chi connectivity index (χ0v) is 15.4. The maximum absolute atomic E-state index is 12.0. The molecule has 3 atom stereocenters. The van der Waals surface area contributed by atoms with Gasteiger partial charge in [-0.2, -0.15) is 21.0 Å². The van der Waals surface area contributed by atoms with E-state index in [9.17, 15) is 4.57 Å². The van der Waals surface area contributed by atoms with Gasteiger partial charge in [-0.3, -0.25) is 13.6 Å². The molecule has 0 heterocycles. The van der Waals surface area contributed by atoms with Crippen molar-refractivity contribution < 1.29 is 18.1 Å². The van der Waals surface area contributed by atoms with E-state index in [1.54, 1.807) is 18.2 Å². The van der Waals surface area contributed by atoms with Gasteiger partial charge in [0.1, 0.15) is 6.07 Å². The first-order chi connectivity index (χ1) is 10.4. The number of phosphoric acid groups is 1. The van der Waals surface area contributed by atoms with E-state index in [1.807, 2.05) is 0 Å². The Morgan fingerprint density at radius 2 is 1.04 bits per heavy atom. The third-order valence-electron chi connectivity index (χ3n) is 1.53. The number of phosphoric ester groups is 1. The van der Waals surface area contributed by atoms with Crippen molar-refractivity contribution in [2.24, 2.45) is 0 Å². The number of hydrogen-bond donors (Lipinski definition) is 0. The number of alkyl halides is 3. The molecule has 0 aliphatic carbocycles. The molecule has 0 bridgehead atoms. The minimum absolute atomic E-state index is 1.04. The van der Waals surface area contributed by atoms with Crippen LogP contribution in [-0.4, -0.2) is 22.1 Å². The Bertz CT molecular complexity index is 523. The topological polar surface area (TPSA) is 140 Å². The van der Waals surface area contributed by atoms with Gasteiger partial charge in [-0.05, 0) is 20.8 Å². The highest BCUT2D eigenvalue weighted by atomic mass is 35.6. The monoisotopic (exact) mass is 400 g/mol. The lowest BCUT2D eigenvalue weighted by atomic mass is 10.5. The normalized spacial score (nSPS) is 16.6. The second kappa shape index (κ2) is 11.5. The maximum Gasteiger partial charge on any atom is 0.478 e. The third kappa shape index (κ3) is 14.3. The molecular weight excluding hydrogens is 389 g/mol. The largest absolute Gasteiger partial charge is 0.478 e. The van der Waals surface area contributed by atoms with Crippen LogP contribution in [0.5, 0.6) is 0 Å². The molecule has 0 aromatic heterocycles. The Kier molecular flexibility index (Phi) is 12.1. The molecule has 0 rings (SSSR count). The van der Waals surface area contributed by atoms with Crippen LogP contribution >= 0.6 is 42.6 Å².